The van der Waals surface area contributed by atoms with E-state index >= 15 is 0 Å². The molecule has 1 N–H and O–H groups in total. The zero-order valence-corrected chi connectivity index (χ0v) is 17.9. The van der Waals surface area contributed by atoms with Gasteiger partial charge >= 0.3 is 0 Å². The number of nitrogens with one attached hydrogen (secondary N) is 1. The Hall–Kier alpha value is -3.82. The van der Waals surface area contributed by atoms with Crippen LogP contribution in [0.15, 0.2) is 53.2 Å². The monoisotopic (exact) mass is 452 g/mol. The lowest BCUT2D eigenvalue weighted by molar-refractivity contribution is 0.0539. The standard InChI is InChI=1S/C23H22F2N6O2/c1-14-3-2-10-30(20(14)13-26-23-29-18-11-15(24)5-7-21(18)33-23)22(32)17-6-4-16(25)12-19(17)31-27-8-9-28-31/h4-9,11-12,14,20H,2-3,10,13H2,1H3,(H,26,29). The van der Waals surface area contributed by atoms with Crippen molar-refractivity contribution in [2.75, 3.05) is 18.4 Å². The van der Waals surface area contributed by atoms with Crippen molar-refractivity contribution in [3.63, 3.8) is 0 Å². The zero-order chi connectivity index (χ0) is 22.9. The predicted molar refractivity (Wildman–Crippen MR) is 117 cm³/mol. The Kier molecular flexibility index (Phi) is 5.49. The summed E-state index contributed by atoms with van der Waals surface area (Å²) in [5, 5.41) is 11.3. The number of hydrogen-bond acceptors (Lipinski definition) is 6. The van der Waals surface area contributed by atoms with Crippen LogP contribution in [0.25, 0.3) is 16.8 Å². The van der Waals surface area contributed by atoms with E-state index in [-0.39, 0.29) is 35.4 Å². The molecule has 1 fully saturated rings. The summed E-state index contributed by atoms with van der Waals surface area (Å²) < 4.78 is 33.1. The van der Waals surface area contributed by atoms with Gasteiger partial charge < -0.3 is 14.6 Å². The molecule has 0 radical (unpaired) electrons. The SMILES string of the molecule is CC1CCCN(C(=O)c2ccc(F)cc2-n2nccn2)C1CNc1nc2cc(F)ccc2o1. The van der Waals surface area contributed by atoms with E-state index in [0.29, 0.717) is 29.8 Å². The second kappa shape index (κ2) is 8.61. The largest absolute Gasteiger partial charge is 0.424 e. The highest BCUT2D eigenvalue weighted by atomic mass is 19.1. The van der Waals surface area contributed by atoms with Crippen LogP contribution in [0.2, 0.25) is 0 Å². The summed E-state index contributed by atoms with van der Waals surface area (Å²) in [6.45, 7) is 3.06. The van der Waals surface area contributed by atoms with Gasteiger partial charge in [-0.15, -0.1) is 0 Å². The number of hydrogen-bond donors (Lipinski definition) is 1. The molecule has 2 unspecified atom stereocenters. The van der Waals surface area contributed by atoms with Gasteiger partial charge in [-0.05, 0) is 43.0 Å². The van der Waals surface area contributed by atoms with Crippen molar-refractivity contribution in [2.24, 2.45) is 5.92 Å². The van der Waals surface area contributed by atoms with Crippen molar-refractivity contribution < 1.29 is 18.0 Å². The smallest absolute Gasteiger partial charge is 0.295 e. The molecule has 3 heterocycles. The Morgan fingerprint density at radius 1 is 1.15 bits per heavy atom. The van der Waals surface area contributed by atoms with Gasteiger partial charge in [0.15, 0.2) is 5.58 Å². The molecule has 1 aliphatic heterocycles. The molecule has 2 aromatic carbocycles. The minimum absolute atomic E-state index is 0.151. The van der Waals surface area contributed by atoms with Crippen LogP contribution in [-0.2, 0) is 0 Å². The first-order valence-corrected chi connectivity index (χ1v) is 10.8. The summed E-state index contributed by atoms with van der Waals surface area (Å²) in [7, 11) is 0. The summed E-state index contributed by atoms with van der Waals surface area (Å²) in [6.07, 6.45) is 4.77. The average molecular weight is 452 g/mol. The predicted octanol–water partition coefficient (Wildman–Crippen LogP) is 4.04. The number of amides is 1. The van der Waals surface area contributed by atoms with Crippen LogP contribution in [-0.4, -0.2) is 49.9 Å². The molecule has 1 amide bonds. The van der Waals surface area contributed by atoms with E-state index in [4.69, 9.17) is 4.42 Å². The van der Waals surface area contributed by atoms with Crippen molar-refractivity contribution in [3.05, 3.63) is 66.0 Å². The number of carbonyl (C=O) groups is 1. The summed E-state index contributed by atoms with van der Waals surface area (Å²) in [5.41, 5.74) is 1.51. The Bertz CT molecular complexity index is 1290. The van der Waals surface area contributed by atoms with Gasteiger partial charge in [-0.1, -0.05) is 6.92 Å². The fourth-order valence-electron chi connectivity index (χ4n) is 4.33. The molecule has 5 rings (SSSR count). The van der Waals surface area contributed by atoms with Crippen molar-refractivity contribution in [2.45, 2.75) is 25.8 Å². The number of rotatable bonds is 5. The van der Waals surface area contributed by atoms with Crippen LogP contribution in [0.4, 0.5) is 14.8 Å². The molecular formula is C23H22F2N6O2. The third kappa shape index (κ3) is 4.15. The highest BCUT2D eigenvalue weighted by Crippen LogP contribution is 2.28. The van der Waals surface area contributed by atoms with Gasteiger partial charge in [0.25, 0.3) is 11.9 Å². The van der Waals surface area contributed by atoms with Crippen molar-refractivity contribution in [3.8, 4) is 5.69 Å². The molecular weight excluding hydrogens is 430 g/mol. The van der Waals surface area contributed by atoms with Crippen LogP contribution in [0.3, 0.4) is 0 Å². The minimum atomic E-state index is -0.475. The first kappa shape index (κ1) is 21.0. The second-order valence-electron chi connectivity index (χ2n) is 8.18. The lowest BCUT2D eigenvalue weighted by Crippen LogP contribution is -2.51. The van der Waals surface area contributed by atoms with Gasteiger partial charge in [0.1, 0.15) is 22.8 Å². The molecule has 4 aromatic rings. The summed E-state index contributed by atoms with van der Waals surface area (Å²) in [4.78, 5) is 20.9. The van der Waals surface area contributed by atoms with Gasteiger partial charge in [-0.2, -0.15) is 20.0 Å². The highest BCUT2D eigenvalue weighted by molar-refractivity contribution is 5.98. The third-order valence-electron chi connectivity index (χ3n) is 6.01. The van der Waals surface area contributed by atoms with Gasteiger partial charge in [0.05, 0.1) is 24.0 Å². The molecule has 10 heteroatoms. The number of likely N-dealkylation sites (tertiary alicyclic amines) is 1. The van der Waals surface area contributed by atoms with E-state index < -0.39 is 5.82 Å². The Labute approximate surface area is 188 Å². The molecule has 0 aliphatic carbocycles. The van der Waals surface area contributed by atoms with Crippen LogP contribution >= 0.6 is 0 Å². The van der Waals surface area contributed by atoms with Gasteiger partial charge in [0.2, 0.25) is 0 Å². The van der Waals surface area contributed by atoms with Crippen molar-refractivity contribution >= 4 is 23.0 Å². The minimum Gasteiger partial charge on any atom is -0.424 e. The van der Waals surface area contributed by atoms with Crippen LogP contribution in [0, 0.1) is 17.6 Å². The second-order valence-corrected chi connectivity index (χ2v) is 8.18. The van der Waals surface area contributed by atoms with Gasteiger partial charge in [0, 0.05) is 25.2 Å². The van der Waals surface area contributed by atoms with E-state index in [0.717, 1.165) is 12.8 Å². The number of oxazole rings is 1. The maximum absolute atomic E-state index is 14.0. The van der Waals surface area contributed by atoms with E-state index in [1.54, 1.807) is 4.90 Å². The quantitative estimate of drug-likeness (QED) is 0.492. The normalized spacial score (nSPS) is 18.6. The average Bonchev–Trinajstić information content (AvgIpc) is 3.47. The lowest BCUT2D eigenvalue weighted by Gasteiger charge is -2.40. The summed E-state index contributed by atoms with van der Waals surface area (Å²) >= 11 is 0. The number of halogens is 2. The Morgan fingerprint density at radius 3 is 2.73 bits per heavy atom. The number of piperidine rings is 1. The van der Waals surface area contributed by atoms with Crippen molar-refractivity contribution in [1.29, 1.82) is 0 Å². The number of anilines is 1. The number of benzene rings is 2. The van der Waals surface area contributed by atoms with E-state index in [1.807, 2.05) is 0 Å². The third-order valence-corrected chi connectivity index (χ3v) is 6.01. The molecule has 33 heavy (non-hydrogen) atoms. The highest BCUT2D eigenvalue weighted by Gasteiger charge is 2.34. The molecule has 170 valence electrons. The van der Waals surface area contributed by atoms with Crippen molar-refractivity contribution in [1.82, 2.24) is 24.9 Å². The van der Waals surface area contributed by atoms with E-state index in [9.17, 15) is 13.6 Å². The summed E-state index contributed by atoms with van der Waals surface area (Å²) in [6, 6.07) is 8.25. The van der Waals surface area contributed by atoms with E-state index in [2.05, 4.69) is 27.4 Å². The number of fused-ring (bicyclic) bond motifs is 1. The molecule has 8 nitrogen and oxygen atoms in total. The number of aromatic nitrogens is 4. The molecule has 0 bridgehead atoms. The van der Waals surface area contributed by atoms with Crippen LogP contribution in [0.5, 0.6) is 0 Å². The molecule has 2 atom stereocenters. The molecule has 1 aliphatic rings. The summed E-state index contributed by atoms with van der Waals surface area (Å²) in [5.74, 6) is -0.873. The topological polar surface area (TPSA) is 89.1 Å². The molecule has 2 aromatic heterocycles. The zero-order valence-electron chi connectivity index (χ0n) is 17.9. The first-order chi connectivity index (χ1) is 16.0. The molecule has 0 spiro atoms. The number of carbonyl (C=O) groups excluding carboxylic acids is 1. The fourth-order valence-corrected chi connectivity index (χ4v) is 4.33. The van der Waals surface area contributed by atoms with Gasteiger partial charge in [-0.25, -0.2) is 8.78 Å². The number of nitrogens with zero attached hydrogens (tertiary/aromatic N) is 5. The Balaban J connectivity index is 1.40. The molecule has 1 saturated heterocycles. The molecule has 0 saturated carbocycles. The van der Waals surface area contributed by atoms with Crippen LogP contribution in [0.1, 0.15) is 30.1 Å². The maximum atomic E-state index is 14.0. The lowest BCUT2D eigenvalue weighted by atomic mass is 9.90. The fraction of sp³-hybridized carbons (Fsp3) is 0.304. The Morgan fingerprint density at radius 2 is 1.91 bits per heavy atom. The first-order valence-electron chi connectivity index (χ1n) is 10.8. The van der Waals surface area contributed by atoms with Gasteiger partial charge in [-0.3, -0.25) is 4.79 Å². The maximum Gasteiger partial charge on any atom is 0.295 e. The van der Waals surface area contributed by atoms with E-state index in [1.165, 1.54) is 53.6 Å². The van der Waals surface area contributed by atoms with Crippen LogP contribution < -0.4 is 5.32 Å².